The van der Waals surface area contributed by atoms with Crippen molar-refractivity contribution in [1.29, 1.82) is 0 Å². The molecule has 4 aromatic rings. The molecule has 0 aliphatic carbocycles. The number of carbonyl (C=O) groups excluding carboxylic acids is 2. The van der Waals surface area contributed by atoms with Gasteiger partial charge in [-0.15, -0.1) is 0 Å². The number of hydrogen-bond donors (Lipinski definition) is 1. The van der Waals surface area contributed by atoms with Crippen LogP contribution >= 0.6 is 0 Å². The average Bonchev–Trinajstić information content (AvgIpc) is 2.97. The SMILES string of the molecule is CC(=O)N(c1nccc(-c2cccnc2)n1)c1cc(NC(=O)c2ccc(CN3CCN(C)CC3)cc2)ccc1C. The molecule has 40 heavy (non-hydrogen) atoms. The van der Waals surface area contributed by atoms with Crippen molar-refractivity contribution in [3.8, 4) is 11.3 Å². The van der Waals surface area contributed by atoms with Crippen molar-refractivity contribution in [2.24, 2.45) is 0 Å². The number of anilines is 3. The normalized spacial score (nSPS) is 14.1. The maximum atomic E-state index is 13.1. The maximum absolute atomic E-state index is 13.1. The molecule has 9 nitrogen and oxygen atoms in total. The van der Waals surface area contributed by atoms with E-state index in [0.29, 0.717) is 22.6 Å². The first-order chi connectivity index (χ1) is 19.4. The summed E-state index contributed by atoms with van der Waals surface area (Å²) in [7, 11) is 2.15. The van der Waals surface area contributed by atoms with Crippen molar-refractivity contribution < 1.29 is 9.59 Å². The van der Waals surface area contributed by atoms with Crippen LogP contribution in [0.15, 0.2) is 79.3 Å². The number of aromatic nitrogens is 3. The number of aryl methyl sites for hydroxylation is 1. The Morgan fingerprint density at radius 3 is 2.45 bits per heavy atom. The molecule has 0 atom stereocenters. The van der Waals surface area contributed by atoms with Crippen LogP contribution in [0.5, 0.6) is 0 Å². The molecule has 2 amide bonds. The van der Waals surface area contributed by atoms with Crippen LogP contribution in [0.2, 0.25) is 0 Å². The summed E-state index contributed by atoms with van der Waals surface area (Å²) in [5.74, 6) is -0.215. The first-order valence-corrected chi connectivity index (χ1v) is 13.3. The molecule has 0 bridgehead atoms. The molecule has 1 aliphatic heterocycles. The third-order valence-corrected chi connectivity index (χ3v) is 7.04. The lowest BCUT2D eigenvalue weighted by Gasteiger charge is -2.32. The first-order valence-electron chi connectivity index (χ1n) is 13.3. The number of nitrogens with zero attached hydrogens (tertiary/aromatic N) is 6. The van der Waals surface area contributed by atoms with E-state index in [2.05, 4.69) is 37.1 Å². The Morgan fingerprint density at radius 2 is 1.75 bits per heavy atom. The molecule has 0 unspecified atom stereocenters. The molecule has 1 aliphatic rings. The van der Waals surface area contributed by atoms with Crippen LogP contribution in [-0.4, -0.2) is 69.8 Å². The molecule has 3 heterocycles. The fraction of sp³-hybridized carbons (Fsp3) is 0.258. The average molecular weight is 536 g/mol. The van der Waals surface area contributed by atoms with Gasteiger partial charge in [0.2, 0.25) is 11.9 Å². The number of hydrogen-bond acceptors (Lipinski definition) is 7. The molecule has 9 heteroatoms. The van der Waals surface area contributed by atoms with Gasteiger partial charge in [-0.3, -0.25) is 19.5 Å². The quantitative estimate of drug-likeness (QED) is 0.372. The molecule has 2 aromatic carbocycles. The minimum Gasteiger partial charge on any atom is -0.322 e. The monoisotopic (exact) mass is 535 g/mol. The number of likely N-dealkylation sites (N-methyl/N-ethyl adjacent to an activating group) is 1. The Balaban J connectivity index is 1.33. The van der Waals surface area contributed by atoms with Crippen molar-refractivity contribution >= 4 is 29.1 Å². The highest BCUT2D eigenvalue weighted by Gasteiger charge is 2.21. The lowest BCUT2D eigenvalue weighted by Crippen LogP contribution is -2.43. The molecule has 1 saturated heterocycles. The third-order valence-electron chi connectivity index (χ3n) is 7.04. The molecule has 0 saturated carbocycles. The van der Waals surface area contributed by atoms with Crippen LogP contribution in [0.3, 0.4) is 0 Å². The summed E-state index contributed by atoms with van der Waals surface area (Å²) in [5, 5.41) is 2.97. The molecule has 204 valence electrons. The van der Waals surface area contributed by atoms with Crippen LogP contribution in [0, 0.1) is 6.92 Å². The zero-order valence-electron chi connectivity index (χ0n) is 23.0. The summed E-state index contributed by atoms with van der Waals surface area (Å²) >= 11 is 0. The Kier molecular flexibility index (Phi) is 8.23. The molecular formula is C31H33N7O2. The zero-order valence-corrected chi connectivity index (χ0v) is 23.0. The van der Waals surface area contributed by atoms with Crippen LogP contribution < -0.4 is 10.2 Å². The van der Waals surface area contributed by atoms with E-state index < -0.39 is 0 Å². The van der Waals surface area contributed by atoms with Gasteiger partial charge >= 0.3 is 0 Å². The highest BCUT2D eigenvalue weighted by molar-refractivity contribution is 6.05. The van der Waals surface area contributed by atoms with E-state index in [1.165, 1.54) is 17.4 Å². The van der Waals surface area contributed by atoms with Crippen LogP contribution in [0.4, 0.5) is 17.3 Å². The molecular weight excluding hydrogens is 502 g/mol. The second-order valence-corrected chi connectivity index (χ2v) is 10.1. The van der Waals surface area contributed by atoms with E-state index in [4.69, 9.17) is 0 Å². The van der Waals surface area contributed by atoms with Gasteiger partial charge in [0.05, 0.1) is 11.4 Å². The van der Waals surface area contributed by atoms with Gasteiger partial charge < -0.3 is 10.2 Å². The predicted octanol–water partition coefficient (Wildman–Crippen LogP) is 4.53. The minimum atomic E-state index is -0.245. The fourth-order valence-electron chi connectivity index (χ4n) is 4.71. The highest BCUT2D eigenvalue weighted by atomic mass is 16.2. The van der Waals surface area contributed by atoms with Crippen molar-refractivity contribution in [1.82, 2.24) is 24.8 Å². The van der Waals surface area contributed by atoms with Crippen LogP contribution in [-0.2, 0) is 11.3 Å². The fourth-order valence-corrected chi connectivity index (χ4v) is 4.71. The number of carbonyl (C=O) groups is 2. The molecule has 0 radical (unpaired) electrons. The van der Waals surface area contributed by atoms with Gasteiger partial charge in [0, 0.05) is 75.1 Å². The smallest absolute Gasteiger partial charge is 0.255 e. The highest BCUT2D eigenvalue weighted by Crippen LogP contribution is 2.30. The van der Waals surface area contributed by atoms with Crippen LogP contribution in [0.1, 0.15) is 28.4 Å². The van der Waals surface area contributed by atoms with Crippen molar-refractivity contribution in [2.75, 3.05) is 43.4 Å². The largest absolute Gasteiger partial charge is 0.322 e. The number of nitrogens with one attached hydrogen (secondary N) is 1. The van der Waals surface area contributed by atoms with E-state index in [1.807, 2.05) is 55.5 Å². The standard InChI is InChI=1S/C31H33N7O2/c1-22-6-11-27(34-30(40)25-9-7-24(8-10-25)21-37-17-15-36(3)16-18-37)19-29(22)38(23(2)39)31-33-14-12-28(35-31)26-5-4-13-32-20-26/h4-14,19-20H,15-18,21H2,1-3H3,(H,34,40). The number of amides is 2. The Hall–Kier alpha value is -4.47. The molecule has 2 aromatic heterocycles. The first kappa shape index (κ1) is 27.1. The van der Waals surface area contributed by atoms with Gasteiger partial charge in [0.15, 0.2) is 0 Å². The summed E-state index contributed by atoms with van der Waals surface area (Å²) in [5.41, 5.74) is 5.24. The van der Waals surface area contributed by atoms with Crippen molar-refractivity contribution in [3.63, 3.8) is 0 Å². The van der Waals surface area contributed by atoms with E-state index in [-0.39, 0.29) is 17.8 Å². The summed E-state index contributed by atoms with van der Waals surface area (Å²) in [6.07, 6.45) is 5.03. The Morgan fingerprint density at radius 1 is 0.975 bits per heavy atom. The molecule has 1 N–H and O–H groups in total. The summed E-state index contributed by atoms with van der Waals surface area (Å²) in [6, 6.07) is 18.7. The van der Waals surface area contributed by atoms with Gasteiger partial charge in [-0.05, 0) is 67.6 Å². The van der Waals surface area contributed by atoms with Gasteiger partial charge in [-0.2, -0.15) is 0 Å². The van der Waals surface area contributed by atoms with E-state index in [0.717, 1.165) is 43.9 Å². The number of pyridine rings is 1. The van der Waals surface area contributed by atoms with Gasteiger partial charge in [-0.1, -0.05) is 18.2 Å². The molecule has 0 spiro atoms. The second-order valence-electron chi connectivity index (χ2n) is 10.1. The topological polar surface area (TPSA) is 94.6 Å². The van der Waals surface area contributed by atoms with Crippen molar-refractivity contribution in [3.05, 3.63) is 95.9 Å². The lowest BCUT2D eigenvalue weighted by atomic mass is 10.1. The number of piperazine rings is 1. The van der Waals surface area contributed by atoms with Gasteiger partial charge in [0.1, 0.15) is 0 Å². The predicted molar refractivity (Wildman–Crippen MR) is 156 cm³/mol. The van der Waals surface area contributed by atoms with Gasteiger partial charge in [0.25, 0.3) is 5.91 Å². The van der Waals surface area contributed by atoms with Gasteiger partial charge in [-0.25, -0.2) is 14.9 Å². The van der Waals surface area contributed by atoms with Crippen molar-refractivity contribution in [2.45, 2.75) is 20.4 Å². The summed E-state index contributed by atoms with van der Waals surface area (Å²) in [4.78, 5) is 45.3. The second kappa shape index (κ2) is 12.1. The lowest BCUT2D eigenvalue weighted by molar-refractivity contribution is -0.115. The van der Waals surface area contributed by atoms with E-state index in [1.54, 1.807) is 30.7 Å². The summed E-state index contributed by atoms with van der Waals surface area (Å²) < 4.78 is 0. The Labute approximate surface area is 234 Å². The zero-order chi connectivity index (χ0) is 28.1. The number of rotatable bonds is 7. The summed E-state index contributed by atoms with van der Waals surface area (Å²) in [6.45, 7) is 8.48. The molecule has 1 fully saturated rings. The van der Waals surface area contributed by atoms with E-state index >= 15 is 0 Å². The number of benzene rings is 2. The van der Waals surface area contributed by atoms with E-state index in [9.17, 15) is 9.59 Å². The van der Waals surface area contributed by atoms with Crippen LogP contribution in [0.25, 0.3) is 11.3 Å². The minimum absolute atomic E-state index is 0.217. The third kappa shape index (κ3) is 6.39. The maximum Gasteiger partial charge on any atom is 0.255 e. The Bertz CT molecular complexity index is 1480. The molecule has 5 rings (SSSR count).